The molecule has 0 bridgehead atoms. The van der Waals surface area contributed by atoms with E-state index in [-0.39, 0.29) is 12.5 Å². The third-order valence-corrected chi connectivity index (χ3v) is 8.41. The number of aliphatic hydroxyl groups is 1. The summed E-state index contributed by atoms with van der Waals surface area (Å²) in [6, 6.07) is 0.526. The normalized spacial score (nSPS) is 32.8. The Bertz CT molecular complexity index is 525. The van der Waals surface area contributed by atoms with Gasteiger partial charge in [-0.25, -0.2) is 0 Å². The van der Waals surface area contributed by atoms with Crippen molar-refractivity contribution in [3.63, 3.8) is 0 Å². The lowest BCUT2D eigenvalue weighted by atomic mass is 9.75. The minimum absolute atomic E-state index is 0.221. The molecule has 2 unspecified atom stereocenters. The zero-order valence-electron chi connectivity index (χ0n) is 19.5. The number of hydrogen-bond donors (Lipinski definition) is 2. The molecule has 2 N–H and O–H groups in total. The maximum Gasteiger partial charge on any atom is 0.0922 e. The van der Waals surface area contributed by atoms with Crippen molar-refractivity contribution in [2.75, 3.05) is 39.9 Å². The van der Waals surface area contributed by atoms with Crippen molar-refractivity contribution in [3.05, 3.63) is 11.8 Å². The number of methoxy groups -OCH3 is 1. The standard InChI is InChI=1S/C25H45ClN2O2/c1-18(2)25(27-15-19-12-20(17-29)14-24(13-19)30-3)16-28-10-8-22(9-11-28)21-4-6-23(26)7-5-21/h14,18-23,25,27,29H,4-13,15-17H2,1-3H3/t19?,20?,21?,23?,25-/m0/s1. The van der Waals surface area contributed by atoms with E-state index in [2.05, 4.69) is 30.1 Å². The third kappa shape index (κ3) is 7.12. The number of ether oxygens (including phenoxy) is 1. The van der Waals surface area contributed by atoms with E-state index in [1.807, 2.05) is 0 Å². The first kappa shape index (κ1) is 24.4. The van der Waals surface area contributed by atoms with Gasteiger partial charge in [0, 0.05) is 36.9 Å². The smallest absolute Gasteiger partial charge is 0.0922 e. The minimum atomic E-state index is 0.221. The van der Waals surface area contributed by atoms with Crippen LogP contribution in [0.1, 0.15) is 65.2 Å². The minimum Gasteiger partial charge on any atom is -0.501 e. The first-order chi connectivity index (χ1) is 14.5. The number of nitrogens with zero attached hydrogens (tertiary/aromatic N) is 1. The molecule has 1 aliphatic heterocycles. The van der Waals surface area contributed by atoms with Crippen LogP contribution in [0.5, 0.6) is 0 Å². The van der Waals surface area contributed by atoms with Gasteiger partial charge in [-0.05, 0) is 94.3 Å². The van der Waals surface area contributed by atoms with Crippen LogP contribution in [0.15, 0.2) is 11.8 Å². The molecule has 0 spiro atoms. The van der Waals surface area contributed by atoms with Crippen molar-refractivity contribution in [2.24, 2.45) is 29.6 Å². The summed E-state index contributed by atoms with van der Waals surface area (Å²) in [7, 11) is 1.75. The molecule has 2 aliphatic carbocycles. The van der Waals surface area contributed by atoms with Crippen LogP contribution < -0.4 is 5.32 Å². The van der Waals surface area contributed by atoms with Gasteiger partial charge in [-0.15, -0.1) is 11.6 Å². The lowest BCUT2D eigenvalue weighted by Crippen LogP contribution is -2.48. The molecule has 1 saturated heterocycles. The van der Waals surface area contributed by atoms with Crippen molar-refractivity contribution in [2.45, 2.75) is 76.6 Å². The van der Waals surface area contributed by atoms with Crippen LogP contribution in [0.2, 0.25) is 0 Å². The van der Waals surface area contributed by atoms with Crippen LogP contribution in [0, 0.1) is 29.6 Å². The highest BCUT2D eigenvalue weighted by molar-refractivity contribution is 6.20. The molecule has 2 fully saturated rings. The van der Waals surface area contributed by atoms with Gasteiger partial charge in [0.05, 0.1) is 12.9 Å². The fraction of sp³-hybridized carbons (Fsp3) is 0.920. The second kappa shape index (κ2) is 12.1. The maximum atomic E-state index is 9.60. The molecule has 0 radical (unpaired) electrons. The van der Waals surface area contributed by atoms with E-state index in [9.17, 15) is 5.11 Å². The van der Waals surface area contributed by atoms with Gasteiger partial charge in [-0.3, -0.25) is 0 Å². The van der Waals surface area contributed by atoms with Gasteiger partial charge in [-0.1, -0.05) is 13.8 Å². The zero-order valence-corrected chi connectivity index (χ0v) is 20.2. The lowest BCUT2D eigenvalue weighted by molar-refractivity contribution is 0.111. The second-order valence-electron chi connectivity index (χ2n) is 10.5. The zero-order chi connectivity index (χ0) is 21.5. The molecule has 4 nitrogen and oxygen atoms in total. The Morgan fingerprint density at radius 2 is 1.80 bits per heavy atom. The topological polar surface area (TPSA) is 44.7 Å². The molecular weight excluding hydrogens is 396 g/mol. The van der Waals surface area contributed by atoms with Gasteiger partial charge in [0.2, 0.25) is 0 Å². The van der Waals surface area contributed by atoms with Gasteiger partial charge in [0.1, 0.15) is 0 Å². The van der Waals surface area contributed by atoms with Crippen LogP contribution in [-0.2, 0) is 4.74 Å². The van der Waals surface area contributed by atoms with Gasteiger partial charge < -0.3 is 20.1 Å². The summed E-state index contributed by atoms with van der Waals surface area (Å²) in [5, 5.41) is 13.9. The molecule has 0 aromatic carbocycles. The number of alkyl halides is 1. The Morgan fingerprint density at radius 3 is 2.40 bits per heavy atom. The van der Waals surface area contributed by atoms with E-state index in [0.29, 0.717) is 23.3 Å². The third-order valence-electron chi connectivity index (χ3n) is 7.97. The average Bonchev–Trinajstić information content (AvgIpc) is 2.77. The molecule has 0 amide bonds. The number of piperidine rings is 1. The first-order valence-electron chi connectivity index (χ1n) is 12.4. The van der Waals surface area contributed by atoms with Crippen LogP contribution in [-0.4, -0.2) is 61.3 Å². The number of nitrogens with one attached hydrogen (secondary N) is 1. The Morgan fingerprint density at radius 1 is 1.13 bits per heavy atom. The van der Waals surface area contributed by atoms with Crippen LogP contribution >= 0.6 is 11.6 Å². The highest BCUT2D eigenvalue weighted by atomic mass is 35.5. The predicted molar refractivity (Wildman–Crippen MR) is 126 cm³/mol. The van der Waals surface area contributed by atoms with E-state index >= 15 is 0 Å². The average molecular weight is 441 g/mol. The SMILES string of the molecule is COC1=CC(CO)CC(CN[C@@H](CN2CCC(C3CCC(Cl)CC3)CC2)C(C)C)C1. The van der Waals surface area contributed by atoms with E-state index < -0.39 is 0 Å². The highest BCUT2D eigenvalue weighted by Crippen LogP contribution is 2.37. The molecule has 3 aliphatic rings. The van der Waals surface area contributed by atoms with E-state index in [1.54, 1.807) is 7.11 Å². The summed E-state index contributed by atoms with van der Waals surface area (Å²) in [4.78, 5) is 2.69. The van der Waals surface area contributed by atoms with E-state index in [1.165, 1.54) is 51.6 Å². The summed E-state index contributed by atoms with van der Waals surface area (Å²) >= 11 is 6.31. The number of hydrogen-bond acceptors (Lipinski definition) is 4. The summed E-state index contributed by atoms with van der Waals surface area (Å²) in [6.07, 6.45) is 12.0. The highest BCUT2D eigenvalue weighted by Gasteiger charge is 2.31. The van der Waals surface area contributed by atoms with E-state index in [0.717, 1.165) is 43.5 Å². The summed E-state index contributed by atoms with van der Waals surface area (Å²) in [5.41, 5.74) is 0. The van der Waals surface area contributed by atoms with Crippen molar-refractivity contribution in [3.8, 4) is 0 Å². The first-order valence-corrected chi connectivity index (χ1v) is 12.9. The Hall–Kier alpha value is -0.290. The maximum absolute atomic E-state index is 9.60. The van der Waals surface area contributed by atoms with E-state index in [4.69, 9.17) is 16.3 Å². The van der Waals surface area contributed by atoms with Crippen molar-refractivity contribution < 1.29 is 9.84 Å². The Labute approximate surface area is 189 Å². The van der Waals surface area contributed by atoms with Gasteiger partial charge in [0.15, 0.2) is 0 Å². The van der Waals surface area contributed by atoms with Crippen LogP contribution in [0.25, 0.3) is 0 Å². The molecule has 0 aromatic rings. The fourth-order valence-corrected chi connectivity index (χ4v) is 6.15. The van der Waals surface area contributed by atoms with Gasteiger partial charge in [0.25, 0.3) is 0 Å². The van der Waals surface area contributed by atoms with Crippen LogP contribution in [0.3, 0.4) is 0 Å². The molecule has 3 atom stereocenters. The van der Waals surface area contributed by atoms with Crippen molar-refractivity contribution in [1.29, 1.82) is 0 Å². The summed E-state index contributed by atoms with van der Waals surface area (Å²) < 4.78 is 5.50. The molecule has 30 heavy (non-hydrogen) atoms. The Kier molecular flexibility index (Phi) is 9.81. The molecule has 0 aromatic heterocycles. The van der Waals surface area contributed by atoms with Crippen LogP contribution in [0.4, 0.5) is 0 Å². The van der Waals surface area contributed by atoms with Crippen molar-refractivity contribution in [1.82, 2.24) is 10.2 Å². The quantitative estimate of drug-likeness (QED) is 0.512. The number of halogens is 1. The van der Waals surface area contributed by atoms with Crippen molar-refractivity contribution >= 4 is 11.6 Å². The number of rotatable bonds is 9. The molecule has 3 rings (SSSR count). The summed E-state index contributed by atoms with van der Waals surface area (Å²) in [6.45, 7) is 9.57. The number of aliphatic hydroxyl groups excluding tert-OH is 1. The number of allylic oxidation sites excluding steroid dienone is 1. The number of likely N-dealkylation sites (tertiary alicyclic amines) is 1. The second-order valence-corrected chi connectivity index (χ2v) is 11.1. The van der Waals surface area contributed by atoms with Gasteiger partial charge >= 0.3 is 0 Å². The predicted octanol–water partition coefficient (Wildman–Crippen LogP) is 4.66. The molecule has 5 heteroatoms. The molecule has 1 heterocycles. The molecule has 1 saturated carbocycles. The molecule has 174 valence electrons. The monoisotopic (exact) mass is 440 g/mol. The molecular formula is C25H45ClN2O2. The fourth-order valence-electron chi connectivity index (χ4n) is 5.89. The van der Waals surface area contributed by atoms with Gasteiger partial charge in [-0.2, -0.15) is 0 Å². The largest absolute Gasteiger partial charge is 0.501 e. The summed E-state index contributed by atoms with van der Waals surface area (Å²) in [5.74, 6) is 4.30. The Balaban J connectivity index is 1.42. The lowest BCUT2D eigenvalue weighted by Gasteiger charge is -2.40.